The average molecular weight is 387 g/mol. The lowest BCUT2D eigenvalue weighted by atomic mass is 10.1. The summed E-state index contributed by atoms with van der Waals surface area (Å²) in [4.78, 5) is 24.3. The first-order chi connectivity index (χ1) is 12.6. The van der Waals surface area contributed by atoms with Crippen molar-refractivity contribution in [3.8, 4) is 11.5 Å². The third-order valence-corrected chi connectivity index (χ3v) is 3.61. The zero-order valence-electron chi connectivity index (χ0n) is 14.6. The summed E-state index contributed by atoms with van der Waals surface area (Å²) in [5.41, 5.74) is 3.12. The van der Waals surface area contributed by atoms with Crippen LogP contribution >= 0.6 is 0 Å². The molecular formula is C16H16F3N3O5. The third-order valence-electron chi connectivity index (χ3n) is 3.61. The molecule has 2 N–H and O–H groups in total. The number of halogens is 3. The summed E-state index contributed by atoms with van der Waals surface area (Å²) >= 11 is 0. The van der Waals surface area contributed by atoms with Gasteiger partial charge in [0.25, 0.3) is 0 Å². The first-order valence-corrected chi connectivity index (χ1v) is 7.42. The largest absolute Gasteiger partial charge is 0.497 e. The van der Waals surface area contributed by atoms with Gasteiger partial charge in [0.15, 0.2) is 12.3 Å². The number of hydrogen-bond acceptors (Lipinski definition) is 7. The van der Waals surface area contributed by atoms with Gasteiger partial charge in [-0.1, -0.05) is 0 Å². The molecule has 27 heavy (non-hydrogen) atoms. The number of esters is 1. The second-order valence-corrected chi connectivity index (χ2v) is 5.30. The Bertz CT molecular complexity index is 877. The van der Waals surface area contributed by atoms with Gasteiger partial charge in [-0.25, -0.2) is 4.79 Å². The molecule has 0 aliphatic rings. The predicted molar refractivity (Wildman–Crippen MR) is 86.8 cm³/mol. The normalized spacial score (nSPS) is 11.2. The van der Waals surface area contributed by atoms with Crippen molar-refractivity contribution in [2.24, 2.45) is 7.05 Å². The molecule has 0 spiro atoms. The van der Waals surface area contributed by atoms with E-state index in [1.807, 2.05) is 0 Å². The quantitative estimate of drug-likeness (QED) is 0.597. The lowest BCUT2D eigenvalue weighted by Gasteiger charge is -2.10. The topological polar surface area (TPSA) is 106 Å². The maximum absolute atomic E-state index is 13.0. The van der Waals surface area contributed by atoms with Gasteiger partial charge >= 0.3 is 12.1 Å². The maximum Gasteiger partial charge on any atom is 0.436 e. The number of nitrogen functional groups attached to an aromatic ring is 1. The maximum atomic E-state index is 13.0. The molecule has 0 aliphatic heterocycles. The Kier molecular flexibility index (Phi) is 5.62. The van der Waals surface area contributed by atoms with Crippen LogP contribution in [0.5, 0.6) is 11.5 Å². The monoisotopic (exact) mass is 387 g/mol. The number of ether oxygens (including phenoxy) is 3. The Labute approximate surface area is 151 Å². The third kappa shape index (κ3) is 4.13. The van der Waals surface area contributed by atoms with Gasteiger partial charge in [-0.2, -0.15) is 18.3 Å². The van der Waals surface area contributed by atoms with Crippen LogP contribution in [0.25, 0.3) is 0 Å². The van der Waals surface area contributed by atoms with Crippen LogP contribution in [-0.2, 0) is 18.0 Å². The van der Waals surface area contributed by atoms with Crippen LogP contribution in [0.2, 0.25) is 0 Å². The van der Waals surface area contributed by atoms with E-state index in [1.165, 1.54) is 32.4 Å². The Morgan fingerprint density at radius 3 is 2.44 bits per heavy atom. The minimum Gasteiger partial charge on any atom is -0.497 e. The number of carbonyl (C=O) groups is 2. The molecule has 0 saturated heterocycles. The molecule has 0 radical (unpaired) electrons. The van der Waals surface area contributed by atoms with Crippen LogP contribution in [0.15, 0.2) is 18.2 Å². The zero-order valence-corrected chi connectivity index (χ0v) is 14.6. The highest BCUT2D eigenvalue weighted by Gasteiger charge is 2.41. The Morgan fingerprint density at radius 2 is 1.89 bits per heavy atom. The number of benzene rings is 1. The molecule has 0 amide bonds. The number of alkyl halides is 3. The number of aryl methyl sites for hydroxylation is 1. The molecule has 0 unspecified atom stereocenters. The number of aromatic nitrogens is 2. The number of hydrogen-bond donors (Lipinski definition) is 1. The van der Waals surface area contributed by atoms with Gasteiger partial charge in [0.1, 0.15) is 22.9 Å². The Hall–Kier alpha value is -3.24. The summed E-state index contributed by atoms with van der Waals surface area (Å²) < 4.78 is 54.5. The molecule has 146 valence electrons. The van der Waals surface area contributed by atoms with Crippen molar-refractivity contribution in [1.82, 2.24) is 9.78 Å². The molecule has 2 aromatic rings. The second-order valence-electron chi connectivity index (χ2n) is 5.30. The molecule has 1 aromatic heterocycles. The van der Waals surface area contributed by atoms with Gasteiger partial charge in [-0.15, -0.1) is 0 Å². The number of rotatable bonds is 6. The SMILES string of the molecule is COc1ccc(C(=O)COC(=O)c2c(C(F)(F)F)nn(C)c2N)c(OC)c1. The van der Waals surface area contributed by atoms with Crippen molar-refractivity contribution in [2.75, 3.05) is 26.6 Å². The fraction of sp³-hybridized carbons (Fsp3) is 0.312. The minimum atomic E-state index is -4.91. The van der Waals surface area contributed by atoms with E-state index in [9.17, 15) is 22.8 Å². The number of Topliss-reactive ketones (excluding diaryl/α,β-unsaturated/α-hetero) is 1. The molecule has 0 atom stereocenters. The molecule has 0 aliphatic carbocycles. The van der Waals surface area contributed by atoms with Crippen molar-refractivity contribution < 1.29 is 37.0 Å². The standard InChI is InChI=1S/C16H16F3N3O5/c1-22-14(20)12(13(21-22)16(17,18)19)15(24)27-7-10(23)9-5-4-8(25-2)6-11(9)26-3/h4-6H,7,20H2,1-3H3. The molecule has 1 heterocycles. The molecule has 0 saturated carbocycles. The predicted octanol–water partition coefficient (Wildman–Crippen LogP) is 2.08. The first-order valence-electron chi connectivity index (χ1n) is 7.42. The van der Waals surface area contributed by atoms with Crippen molar-refractivity contribution in [3.05, 3.63) is 35.0 Å². The van der Waals surface area contributed by atoms with E-state index < -0.39 is 41.6 Å². The number of nitrogens with two attached hydrogens (primary N) is 1. The Balaban J connectivity index is 2.21. The first kappa shape index (κ1) is 20.1. The molecule has 11 heteroatoms. The number of anilines is 1. The Morgan fingerprint density at radius 1 is 1.22 bits per heavy atom. The van der Waals surface area contributed by atoms with E-state index >= 15 is 0 Å². The van der Waals surface area contributed by atoms with Crippen LogP contribution in [0.4, 0.5) is 19.0 Å². The van der Waals surface area contributed by atoms with Crippen molar-refractivity contribution in [2.45, 2.75) is 6.18 Å². The molecule has 1 aromatic carbocycles. The van der Waals surface area contributed by atoms with Crippen LogP contribution in [-0.4, -0.2) is 42.4 Å². The van der Waals surface area contributed by atoms with Crippen LogP contribution < -0.4 is 15.2 Å². The van der Waals surface area contributed by atoms with E-state index in [2.05, 4.69) is 5.10 Å². The minimum absolute atomic E-state index is 0.0707. The number of carbonyl (C=O) groups excluding carboxylic acids is 2. The van der Waals surface area contributed by atoms with Crippen molar-refractivity contribution >= 4 is 17.6 Å². The van der Waals surface area contributed by atoms with Crippen LogP contribution in [0.1, 0.15) is 26.4 Å². The lowest BCUT2D eigenvalue weighted by Crippen LogP contribution is -2.19. The summed E-state index contributed by atoms with van der Waals surface area (Å²) in [6.07, 6.45) is -4.91. The highest BCUT2D eigenvalue weighted by atomic mass is 19.4. The second kappa shape index (κ2) is 7.56. The van der Waals surface area contributed by atoms with Crippen LogP contribution in [0.3, 0.4) is 0 Å². The van der Waals surface area contributed by atoms with Crippen molar-refractivity contribution in [3.63, 3.8) is 0 Å². The smallest absolute Gasteiger partial charge is 0.436 e. The van der Waals surface area contributed by atoms with Gasteiger partial charge in [-0.05, 0) is 12.1 Å². The summed E-state index contributed by atoms with van der Waals surface area (Å²) in [6.45, 7) is -0.812. The van der Waals surface area contributed by atoms with Gasteiger partial charge < -0.3 is 19.9 Å². The van der Waals surface area contributed by atoms with Gasteiger partial charge in [0.05, 0.1) is 19.8 Å². The van der Waals surface area contributed by atoms with Gasteiger partial charge in [0.2, 0.25) is 5.78 Å². The van der Waals surface area contributed by atoms with E-state index in [1.54, 1.807) is 0 Å². The highest BCUT2D eigenvalue weighted by Crippen LogP contribution is 2.33. The molecule has 0 bridgehead atoms. The van der Waals surface area contributed by atoms with E-state index in [0.717, 1.165) is 7.05 Å². The number of ketones is 1. The average Bonchev–Trinajstić information content (AvgIpc) is 2.94. The van der Waals surface area contributed by atoms with Gasteiger partial charge in [0, 0.05) is 13.1 Å². The number of methoxy groups -OCH3 is 2. The molecule has 8 nitrogen and oxygen atoms in total. The van der Waals surface area contributed by atoms with E-state index in [0.29, 0.717) is 10.4 Å². The summed E-state index contributed by atoms with van der Waals surface area (Å²) in [5.74, 6) is -2.03. The summed E-state index contributed by atoms with van der Waals surface area (Å²) in [5, 5.41) is 3.18. The van der Waals surface area contributed by atoms with E-state index in [4.69, 9.17) is 19.9 Å². The van der Waals surface area contributed by atoms with Crippen molar-refractivity contribution in [1.29, 1.82) is 0 Å². The summed E-state index contributed by atoms with van der Waals surface area (Å²) in [7, 11) is 3.90. The fourth-order valence-electron chi connectivity index (χ4n) is 2.25. The lowest BCUT2D eigenvalue weighted by molar-refractivity contribution is -0.142. The van der Waals surface area contributed by atoms with E-state index in [-0.39, 0.29) is 11.3 Å². The van der Waals surface area contributed by atoms with Gasteiger partial charge in [-0.3, -0.25) is 9.48 Å². The summed E-state index contributed by atoms with van der Waals surface area (Å²) in [6, 6.07) is 4.31. The molecule has 0 fully saturated rings. The molecular weight excluding hydrogens is 371 g/mol. The zero-order chi connectivity index (χ0) is 20.4. The van der Waals surface area contributed by atoms with Crippen LogP contribution in [0, 0.1) is 0 Å². The fourth-order valence-corrected chi connectivity index (χ4v) is 2.25. The number of nitrogens with zero attached hydrogens (tertiary/aromatic N) is 2. The highest BCUT2D eigenvalue weighted by molar-refractivity contribution is 6.02. The molecule has 2 rings (SSSR count).